The molecule has 1 heterocycles. The Labute approximate surface area is 131 Å². The van der Waals surface area contributed by atoms with Gasteiger partial charge in [-0.1, -0.05) is 12.1 Å². The number of thiophene rings is 1. The van der Waals surface area contributed by atoms with Crippen molar-refractivity contribution >= 4 is 34.7 Å². The first-order valence-electron chi connectivity index (χ1n) is 6.63. The van der Waals surface area contributed by atoms with Crippen molar-refractivity contribution in [1.82, 2.24) is 0 Å². The molecule has 0 unspecified atom stereocenters. The molecule has 1 aromatic heterocycles. The first-order chi connectivity index (χ1) is 10.6. The molecule has 0 saturated heterocycles. The maximum Gasteiger partial charge on any atom is 0.310 e. The lowest BCUT2D eigenvalue weighted by molar-refractivity contribution is -0.146. The third-order valence-corrected chi connectivity index (χ3v) is 3.61. The molecular weight excluding hydrogens is 302 g/mol. The monoisotopic (exact) mass is 317 g/mol. The van der Waals surface area contributed by atoms with Gasteiger partial charge in [0.05, 0.1) is 12.1 Å². The topological polar surface area (TPSA) is 72.5 Å². The fraction of sp³-hybridized carbons (Fsp3) is 0.188. The number of amides is 1. The molecule has 22 heavy (non-hydrogen) atoms. The van der Waals surface area contributed by atoms with Crippen molar-refractivity contribution < 1.29 is 19.1 Å². The van der Waals surface area contributed by atoms with Gasteiger partial charge in [-0.2, -0.15) is 11.3 Å². The van der Waals surface area contributed by atoms with Crippen molar-refractivity contribution in [3.05, 3.63) is 52.2 Å². The van der Waals surface area contributed by atoms with Crippen LogP contribution in [0, 0.1) is 0 Å². The van der Waals surface area contributed by atoms with Crippen molar-refractivity contribution in [2.24, 2.45) is 0 Å². The van der Waals surface area contributed by atoms with Gasteiger partial charge in [0, 0.05) is 5.56 Å². The number of hydrogen-bond donors (Lipinski definition) is 1. The van der Waals surface area contributed by atoms with Crippen molar-refractivity contribution in [3.8, 4) is 0 Å². The van der Waals surface area contributed by atoms with E-state index in [1.807, 2.05) is 16.8 Å². The van der Waals surface area contributed by atoms with Crippen molar-refractivity contribution in [2.45, 2.75) is 13.3 Å². The fourth-order valence-corrected chi connectivity index (χ4v) is 2.51. The molecule has 2 rings (SSSR count). The summed E-state index contributed by atoms with van der Waals surface area (Å²) in [7, 11) is 0. The van der Waals surface area contributed by atoms with Crippen LogP contribution in [0.25, 0.3) is 0 Å². The molecular formula is C16H15NO4S. The van der Waals surface area contributed by atoms with Crippen LogP contribution in [0.15, 0.2) is 41.1 Å². The van der Waals surface area contributed by atoms with E-state index in [1.54, 1.807) is 24.3 Å². The van der Waals surface area contributed by atoms with Gasteiger partial charge in [-0.15, -0.1) is 0 Å². The van der Waals surface area contributed by atoms with Crippen LogP contribution in [-0.2, 0) is 20.7 Å². The summed E-state index contributed by atoms with van der Waals surface area (Å²) in [6.07, 6.45) is 0.140. The van der Waals surface area contributed by atoms with Gasteiger partial charge < -0.3 is 10.1 Å². The number of carbonyl (C=O) groups excluding carboxylic acids is 3. The number of carbonyl (C=O) groups is 3. The van der Waals surface area contributed by atoms with E-state index < -0.39 is 11.9 Å². The largest absolute Gasteiger partial charge is 0.455 e. The molecule has 0 radical (unpaired) electrons. The molecule has 0 aliphatic carbocycles. The summed E-state index contributed by atoms with van der Waals surface area (Å²) in [6, 6.07) is 8.51. The lowest BCUT2D eigenvalue weighted by atomic mass is 10.1. The minimum absolute atomic E-state index is 0.140. The highest BCUT2D eigenvalue weighted by molar-refractivity contribution is 7.07. The van der Waals surface area contributed by atoms with E-state index in [-0.39, 0.29) is 18.8 Å². The molecule has 0 bridgehead atoms. The average Bonchev–Trinajstić information content (AvgIpc) is 2.98. The third-order valence-electron chi connectivity index (χ3n) is 2.87. The second-order valence-corrected chi connectivity index (χ2v) is 5.40. The summed E-state index contributed by atoms with van der Waals surface area (Å²) < 4.78 is 4.92. The van der Waals surface area contributed by atoms with Crippen LogP contribution in [0.1, 0.15) is 22.8 Å². The molecule has 1 aromatic carbocycles. The number of anilines is 1. The van der Waals surface area contributed by atoms with Crippen molar-refractivity contribution in [3.63, 3.8) is 0 Å². The summed E-state index contributed by atoms with van der Waals surface area (Å²) in [6.45, 7) is 1.04. The molecule has 0 fully saturated rings. The van der Waals surface area contributed by atoms with Gasteiger partial charge in [0.15, 0.2) is 12.4 Å². The van der Waals surface area contributed by atoms with E-state index >= 15 is 0 Å². The normalized spacial score (nSPS) is 10.0. The quantitative estimate of drug-likeness (QED) is 0.657. The minimum atomic E-state index is -0.479. The minimum Gasteiger partial charge on any atom is -0.455 e. The van der Waals surface area contributed by atoms with E-state index in [2.05, 4.69) is 5.32 Å². The van der Waals surface area contributed by atoms with E-state index in [9.17, 15) is 14.4 Å². The zero-order valence-corrected chi connectivity index (χ0v) is 12.8. The first-order valence-corrected chi connectivity index (χ1v) is 7.57. The average molecular weight is 317 g/mol. The molecule has 1 N–H and O–H groups in total. The Kier molecular flexibility index (Phi) is 5.43. The predicted molar refractivity (Wildman–Crippen MR) is 84.1 cm³/mol. The Morgan fingerprint density at radius 2 is 1.95 bits per heavy atom. The van der Waals surface area contributed by atoms with E-state index in [1.165, 1.54) is 18.3 Å². The summed E-state index contributed by atoms with van der Waals surface area (Å²) in [5.41, 5.74) is 1.69. The van der Waals surface area contributed by atoms with Crippen LogP contribution >= 0.6 is 11.3 Å². The van der Waals surface area contributed by atoms with Gasteiger partial charge in [0.1, 0.15) is 0 Å². The molecule has 5 nitrogen and oxygen atoms in total. The number of hydrogen-bond acceptors (Lipinski definition) is 5. The van der Waals surface area contributed by atoms with E-state index in [4.69, 9.17) is 4.74 Å². The number of ether oxygens (including phenoxy) is 1. The standard InChI is InChI=1S/C16H15NO4S/c1-11(18)13-4-2-3-5-14(13)17-15(19)9-21-16(20)8-12-6-7-22-10-12/h2-7,10H,8-9H2,1H3,(H,17,19). The lowest BCUT2D eigenvalue weighted by Crippen LogP contribution is -2.22. The number of nitrogens with one attached hydrogen (secondary N) is 1. The summed E-state index contributed by atoms with van der Waals surface area (Å²) in [4.78, 5) is 34.8. The fourth-order valence-electron chi connectivity index (χ4n) is 1.84. The van der Waals surface area contributed by atoms with Gasteiger partial charge in [-0.05, 0) is 41.4 Å². The van der Waals surface area contributed by atoms with Crippen LogP contribution in [0.2, 0.25) is 0 Å². The zero-order valence-electron chi connectivity index (χ0n) is 12.0. The van der Waals surface area contributed by atoms with Gasteiger partial charge in [0.2, 0.25) is 0 Å². The molecule has 2 aromatic rings. The van der Waals surface area contributed by atoms with Gasteiger partial charge in [-0.3, -0.25) is 14.4 Å². The number of ketones is 1. The Bertz CT molecular complexity index is 679. The highest BCUT2D eigenvalue weighted by Gasteiger charge is 2.12. The Morgan fingerprint density at radius 1 is 1.18 bits per heavy atom. The van der Waals surface area contributed by atoms with Gasteiger partial charge in [-0.25, -0.2) is 0 Å². The zero-order chi connectivity index (χ0) is 15.9. The van der Waals surface area contributed by atoms with E-state index in [0.717, 1.165) is 5.56 Å². The van der Waals surface area contributed by atoms with Crippen LogP contribution in [0.3, 0.4) is 0 Å². The van der Waals surface area contributed by atoms with Crippen LogP contribution in [0.5, 0.6) is 0 Å². The number of rotatable bonds is 6. The molecule has 0 aliphatic heterocycles. The molecule has 0 spiro atoms. The number of benzene rings is 1. The second kappa shape index (κ2) is 7.51. The second-order valence-electron chi connectivity index (χ2n) is 4.62. The molecule has 0 atom stereocenters. The number of para-hydroxylation sites is 1. The highest BCUT2D eigenvalue weighted by atomic mass is 32.1. The Balaban J connectivity index is 1.86. The highest BCUT2D eigenvalue weighted by Crippen LogP contribution is 2.15. The molecule has 114 valence electrons. The van der Waals surface area contributed by atoms with Crippen LogP contribution in [0.4, 0.5) is 5.69 Å². The van der Waals surface area contributed by atoms with Crippen molar-refractivity contribution in [1.29, 1.82) is 0 Å². The van der Waals surface area contributed by atoms with Gasteiger partial charge in [0.25, 0.3) is 5.91 Å². The molecule has 6 heteroatoms. The van der Waals surface area contributed by atoms with Crippen LogP contribution in [-0.4, -0.2) is 24.3 Å². The number of esters is 1. The maximum atomic E-state index is 11.8. The lowest BCUT2D eigenvalue weighted by Gasteiger charge is -2.09. The Morgan fingerprint density at radius 3 is 2.64 bits per heavy atom. The SMILES string of the molecule is CC(=O)c1ccccc1NC(=O)COC(=O)Cc1ccsc1. The van der Waals surface area contributed by atoms with Crippen molar-refractivity contribution in [2.75, 3.05) is 11.9 Å². The summed E-state index contributed by atoms with van der Waals surface area (Å²) in [5.74, 6) is -1.09. The van der Waals surface area contributed by atoms with Gasteiger partial charge >= 0.3 is 5.97 Å². The van der Waals surface area contributed by atoms with E-state index in [0.29, 0.717) is 11.3 Å². The first kappa shape index (κ1) is 15.9. The molecule has 0 aliphatic rings. The predicted octanol–water partition coefficient (Wildman–Crippen LogP) is 2.68. The maximum absolute atomic E-state index is 11.8. The molecule has 1 amide bonds. The molecule has 0 saturated carbocycles. The van der Waals surface area contributed by atoms with Crippen LogP contribution < -0.4 is 5.32 Å². The summed E-state index contributed by atoms with van der Waals surface area (Å²) >= 11 is 1.49. The summed E-state index contributed by atoms with van der Waals surface area (Å²) in [5, 5.41) is 6.29. The smallest absolute Gasteiger partial charge is 0.310 e. The third kappa shape index (κ3) is 4.53. The number of Topliss-reactive ketones (excluding diaryl/α,β-unsaturated/α-hetero) is 1. The Hall–Kier alpha value is -2.47.